The SMILES string of the molecule is O=C(NCC(=O)N1CCC(N2CCC(n3ccc4ccccc43)CC2)C1)c1ccc(Cl)c(Cl)c1. The molecule has 0 bridgehead atoms. The normalized spacial score (nSPS) is 19.6. The summed E-state index contributed by atoms with van der Waals surface area (Å²) >= 11 is 11.9. The summed E-state index contributed by atoms with van der Waals surface area (Å²) in [4.78, 5) is 29.5. The molecule has 3 aromatic rings. The maximum atomic E-state index is 12.7. The molecule has 0 saturated carbocycles. The lowest BCUT2D eigenvalue weighted by molar-refractivity contribution is -0.129. The number of para-hydroxylation sites is 1. The first-order valence-corrected chi connectivity index (χ1v) is 12.6. The summed E-state index contributed by atoms with van der Waals surface area (Å²) in [6.45, 7) is 3.51. The van der Waals surface area contributed by atoms with Gasteiger partial charge >= 0.3 is 0 Å². The van der Waals surface area contributed by atoms with E-state index in [0.717, 1.165) is 45.4 Å². The van der Waals surface area contributed by atoms with Gasteiger partial charge < -0.3 is 14.8 Å². The van der Waals surface area contributed by atoms with Crippen molar-refractivity contribution in [1.29, 1.82) is 0 Å². The zero-order valence-corrected chi connectivity index (χ0v) is 20.4. The standard InChI is InChI=1S/C26H28Cl2N4O2/c27-22-6-5-19(15-23(22)28)26(34)29-16-25(33)31-13-10-21(17-31)30-11-8-20(9-12-30)32-14-7-18-3-1-2-4-24(18)32/h1-7,14-15,20-21H,8-13,16-17H2,(H,29,34). The number of aromatic nitrogens is 1. The second kappa shape index (κ2) is 9.98. The number of nitrogens with zero attached hydrogens (tertiary/aromatic N) is 3. The number of fused-ring (bicyclic) bond motifs is 1. The van der Waals surface area contributed by atoms with E-state index >= 15 is 0 Å². The fraction of sp³-hybridized carbons (Fsp3) is 0.385. The van der Waals surface area contributed by atoms with Crippen molar-refractivity contribution in [1.82, 2.24) is 19.7 Å². The Morgan fingerprint density at radius 3 is 2.47 bits per heavy atom. The first-order chi connectivity index (χ1) is 16.5. The summed E-state index contributed by atoms with van der Waals surface area (Å²) in [6.07, 6.45) is 5.42. The van der Waals surface area contributed by atoms with E-state index in [1.54, 1.807) is 12.1 Å². The smallest absolute Gasteiger partial charge is 0.251 e. The molecule has 6 nitrogen and oxygen atoms in total. The van der Waals surface area contributed by atoms with Crippen molar-refractivity contribution >= 4 is 45.9 Å². The molecule has 2 saturated heterocycles. The minimum Gasteiger partial charge on any atom is -0.344 e. The predicted molar refractivity (Wildman–Crippen MR) is 136 cm³/mol. The van der Waals surface area contributed by atoms with Crippen molar-refractivity contribution in [2.24, 2.45) is 0 Å². The molecule has 1 atom stereocenters. The average molecular weight is 499 g/mol. The molecular weight excluding hydrogens is 471 g/mol. The number of carbonyl (C=O) groups is 2. The quantitative estimate of drug-likeness (QED) is 0.558. The zero-order valence-electron chi connectivity index (χ0n) is 18.9. The molecule has 8 heteroatoms. The molecule has 1 unspecified atom stereocenters. The first-order valence-electron chi connectivity index (χ1n) is 11.8. The van der Waals surface area contributed by atoms with Gasteiger partial charge in [0.2, 0.25) is 5.91 Å². The van der Waals surface area contributed by atoms with Gasteiger partial charge in [-0.2, -0.15) is 0 Å². The monoisotopic (exact) mass is 498 g/mol. The van der Waals surface area contributed by atoms with Crippen LogP contribution in [0.1, 0.15) is 35.7 Å². The Labute approximate surface area is 209 Å². The number of hydrogen-bond donors (Lipinski definition) is 1. The van der Waals surface area contributed by atoms with Crippen molar-refractivity contribution in [2.75, 3.05) is 32.7 Å². The number of piperidine rings is 1. The topological polar surface area (TPSA) is 57.6 Å². The van der Waals surface area contributed by atoms with Crippen LogP contribution in [0.2, 0.25) is 10.0 Å². The van der Waals surface area contributed by atoms with Crippen LogP contribution < -0.4 is 5.32 Å². The van der Waals surface area contributed by atoms with Gasteiger partial charge in [0, 0.05) is 55.5 Å². The van der Waals surface area contributed by atoms with Crippen LogP contribution in [-0.4, -0.2) is 64.9 Å². The first kappa shape index (κ1) is 23.2. The van der Waals surface area contributed by atoms with Gasteiger partial charge in [-0.1, -0.05) is 41.4 Å². The second-order valence-corrected chi connectivity index (χ2v) is 9.96. The Kier molecular flexibility index (Phi) is 6.82. The summed E-state index contributed by atoms with van der Waals surface area (Å²) in [5.74, 6) is -0.383. The van der Waals surface area contributed by atoms with E-state index in [-0.39, 0.29) is 18.4 Å². The molecule has 178 valence electrons. The third kappa shape index (κ3) is 4.81. The Morgan fingerprint density at radius 1 is 0.912 bits per heavy atom. The van der Waals surface area contributed by atoms with Crippen molar-refractivity contribution in [2.45, 2.75) is 31.3 Å². The minimum atomic E-state index is -0.331. The summed E-state index contributed by atoms with van der Waals surface area (Å²) < 4.78 is 2.42. The third-order valence-corrected chi connectivity index (χ3v) is 7.88. The van der Waals surface area contributed by atoms with Crippen molar-refractivity contribution < 1.29 is 9.59 Å². The molecule has 0 radical (unpaired) electrons. The predicted octanol–water partition coefficient (Wildman–Crippen LogP) is 4.62. The molecule has 2 amide bonds. The highest BCUT2D eigenvalue weighted by atomic mass is 35.5. The van der Waals surface area contributed by atoms with Crippen LogP contribution in [-0.2, 0) is 4.79 Å². The fourth-order valence-electron chi connectivity index (χ4n) is 5.23. The lowest BCUT2D eigenvalue weighted by atomic mass is 10.0. The third-order valence-electron chi connectivity index (χ3n) is 7.14. The van der Waals surface area contributed by atoms with Crippen LogP contribution in [0.3, 0.4) is 0 Å². The highest BCUT2D eigenvalue weighted by Gasteiger charge is 2.33. The van der Waals surface area contributed by atoms with Gasteiger partial charge in [0.05, 0.1) is 16.6 Å². The van der Waals surface area contributed by atoms with E-state index in [1.807, 2.05) is 4.90 Å². The van der Waals surface area contributed by atoms with Gasteiger partial charge in [-0.25, -0.2) is 0 Å². The summed E-state index contributed by atoms with van der Waals surface area (Å²) in [5.41, 5.74) is 1.70. The number of hydrogen-bond acceptors (Lipinski definition) is 3. The van der Waals surface area contributed by atoms with Crippen LogP contribution >= 0.6 is 23.2 Å². The van der Waals surface area contributed by atoms with E-state index in [1.165, 1.54) is 17.0 Å². The van der Waals surface area contributed by atoms with Crippen LogP contribution in [0.25, 0.3) is 10.9 Å². The number of amides is 2. The lowest BCUT2D eigenvalue weighted by Gasteiger charge is -2.36. The average Bonchev–Trinajstić information content (AvgIpc) is 3.52. The number of benzene rings is 2. The molecule has 0 aliphatic carbocycles. The minimum absolute atomic E-state index is 0.0193. The van der Waals surface area contributed by atoms with E-state index in [9.17, 15) is 9.59 Å². The van der Waals surface area contributed by atoms with Gasteiger partial charge in [0.1, 0.15) is 0 Å². The van der Waals surface area contributed by atoms with Crippen molar-refractivity contribution in [3.8, 4) is 0 Å². The summed E-state index contributed by atoms with van der Waals surface area (Å²) in [7, 11) is 0. The molecule has 2 fully saturated rings. The van der Waals surface area contributed by atoms with E-state index in [0.29, 0.717) is 27.7 Å². The molecular formula is C26H28Cl2N4O2. The molecule has 1 aromatic heterocycles. The molecule has 2 aliphatic rings. The maximum absolute atomic E-state index is 12.7. The number of likely N-dealkylation sites (tertiary alicyclic amines) is 2. The number of halogens is 2. The molecule has 1 N–H and O–H groups in total. The van der Waals surface area contributed by atoms with E-state index < -0.39 is 0 Å². The van der Waals surface area contributed by atoms with Crippen LogP contribution in [0.5, 0.6) is 0 Å². The van der Waals surface area contributed by atoms with Gasteiger partial charge in [-0.3, -0.25) is 14.5 Å². The van der Waals surface area contributed by atoms with Crippen molar-refractivity contribution in [3.05, 3.63) is 70.3 Å². The number of rotatable bonds is 5. The highest BCUT2D eigenvalue weighted by molar-refractivity contribution is 6.42. The number of nitrogens with one attached hydrogen (secondary N) is 1. The largest absolute Gasteiger partial charge is 0.344 e. The Morgan fingerprint density at radius 2 is 1.68 bits per heavy atom. The fourth-order valence-corrected chi connectivity index (χ4v) is 5.52. The molecule has 5 rings (SSSR count). The van der Waals surface area contributed by atoms with Crippen LogP contribution in [0.4, 0.5) is 0 Å². The zero-order chi connectivity index (χ0) is 23.7. The second-order valence-electron chi connectivity index (χ2n) is 9.14. The molecule has 34 heavy (non-hydrogen) atoms. The molecule has 2 aromatic carbocycles. The Hall–Kier alpha value is -2.54. The maximum Gasteiger partial charge on any atom is 0.251 e. The van der Waals surface area contributed by atoms with E-state index in [4.69, 9.17) is 23.2 Å². The molecule has 3 heterocycles. The molecule has 2 aliphatic heterocycles. The number of carbonyl (C=O) groups excluding carboxylic acids is 2. The van der Waals surface area contributed by atoms with Crippen molar-refractivity contribution in [3.63, 3.8) is 0 Å². The van der Waals surface area contributed by atoms with Gasteiger partial charge in [-0.15, -0.1) is 0 Å². The Balaban J connectivity index is 1.10. The van der Waals surface area contributed by atoms with Crippen LogP contribution in [0.15, 0.2) is 54.7 Å². The van der Waals surface area contributed by atoms with Gasteiger partial charge in [0.25, 0.3) is 5.91 Å². The van der Waals surface area contributed by atoms with Crippen LogP contribution in [0, 0.1) is 0 Å². The summed E-state index contributed by atoms with van der Waals surface area (Å²) in [5, 5.41) is 4.71. The molecule has 0 spiro atoms. The summed E-state index contributed by atoms with van der Waals surface area (Å²) in [6, 6.07) is 16.3. The van der Waals surface area contributed by atoms with Gasteiger partial charge in [-0.05, 0) is 55.0 Å². The highest BCUT2D eigenvalue weighted by Crippen LogP contribution is 2.30. The lowest BCUT2D eigenvalue weighted by Crippen LogP contribution is -2.45. The van der Waals surface area contributed by atoms with E-state index in [2.05, 4.69) is 51.3 Å². The Bertz CT molecular complexity index is 1200. The van der Waals surface area contributed by atoms with Gasteiger partial charge in [0.15, 0.2) is 0 Å².